The van der Waals surface area contributed by atoms with Gasteiger partial charge in [0.05, 0.1) is 18.4 Å². The second-order valence-electron chi connectivity index (χ2n) is 5.47. The zero-order chi connectivity index (χ0) is 14.5. The first-order valence-electron chi connectivity index (χ1n) is 6.43. The van der Waals surface area contributed by atoms with E-state index in [0.29, 0.717) is 5.69 Å². The molecule has 6 nitrogen and oxygen atoms in total. The third-order valence-corrected chi connectivity index (χ3v) is 2.46. The van der Waals surface area contributed by atoms with Gasteiger partial charge in [-0.2, -0.15) is 5.10 Å². The van der Waals surface area contributed by atoms with E-state index < -0.39 is 5.41 Å². The van der Waals surface area contributed by atoms with E-state index in [-0.39, 0.29) is 18.4 Å². The van der Waals surface area contributed by atoms with Crippen LogP contribution in [0.4, 0.5) is 5.69 Å². The fraction of sp³-hybridized carbons (Fsp3) is 0.615. The van der Waals surface area contributed by atoms with Crippen LogP contribution >= 0.6 is 0 Å². The number of rotatable bonds is 5. The maximum Gasteiger partial charge on any atom is 0.243 e. The Bertz CT molecular complexity index is 446. The minimum Gasteiger partial charge on any atom is -0.347 e. The predicted molar refractivity (Wildman–Crippen MR) is 73.6 cm³/mol. The van der Waals surface area contributed by atoms with E-state index in [1.807, 2.05) is 0 Å². The number of nitrogens with zero attached hydrogens (tertiary/aromatic N) is 2. The second-order valence-corrected chi connectivity index (χ2v) is 5.47. The average molecular weight is 266 g/mol. The van der Waals surface area contributed by atoms with Crippen LogP contribution in [0.2, 0.25) is 0 Å². The monoisotopic (exact) mass is 266 g/mol. The number of hydrogen-bond acceptors (Lipinski definition) is 3. The first kappa shape index (κ1) is 15.2. The first-order valence-corrected chi connectivity index (χ1v) is 6.43. The first-order chi connectivity index (χ1) is 8.82. The van der Waals surface area contributed by atoms with Crippen LogP contribution in [0.15, 0.2) is 12.4 Å². The molecule has 0 atom stereocenters. The summed E-state index contributed by atoms with van der Waals surface area (Å²) < 4.78 is 1.77. The van der Waals surface area contributed by atoms with Gasteiger partial charge in [0, 0.05) is 18.2 Å². The van der Waals surface area contributed by atoms with Gasteiger partial charge in [-0.25, -0.2) is 0 Å². The summed E-state index contributed by atoms with van der Waals surface area (Å²) in [5, 5.41) is 9.40. The van der Waals surface area contributed by atoms with Crippen molar-refractivity contribution in [3.63, 3.8) is 0 Å². The van der Waals surface area contributed by atoms with Gasteiger partial charge >= 0.3 is 0 Å². The van der Waals surface area contributed by atoms with Crippen molar-refractivity contribution in [2.24, 2.45) is 5.41 Å². The summed E-state index contributed by atoms with van der Waals surface area (Å²) >= 11 is 0. The van der Waals surface area contributed by atoms with Crippen LogP contribution in [0.5, 0.6) is 0 Å². The molecule has 0 aliphatic carbocycles. The summed E-state index contributed by atoms with van der Waals surface area (Å²) in [7, 11) is 0. The molecule has 0 aromatic carbocycles. The molecule has 0 bridgehead atoms. The summed E-state index contributed by atoms with van der Waals surface area (Å²) in [6.45, 7) is 8.24. The van der Waals surface area contributed by atoms with E-state index in [2.05, 4.69) is 22.7 Å². The quantitative estimate of drug-likeness (QED) is 0.845. The van der Waals surface area contributed by atoms with E-state index in [1.54, 1.807) is 37.8 Å². The van der Waals surface area contributed by atoms with Crippen LogP contribution in [0, 0.1) is 5.41 Å². The van der Waals surface area contributed by atoms with Crippen molar-refractivity contribution in [1.82, 2.24) is 15.1 Å². The number of amides is 2. The molecule has 1 heterocycles. The lowest BCUT2D eigenvalue weighted by molar-refractivity contribution is -0.130. The van der Waals surface area contributed by atoms with Crippen molar-refractivity contribution in [3.8, 4) is 0 Å². The Labute approximate surface area is 113 Å². The largest absolute Gasteiger partial charge is 0.347 e. The van der Waals surface area contributed by atoms with Crippen molar-refractivity contribution in [2.75, 3.05) is 11.9 Å². The van der Waals surface area contributed by atoms with Gasteiger partial charge in [-0.1, -0.05) is 27.7 Å². The molecule has 6 heteroatoms. The van der Waals surface area contributed by atoms with Crippen LogP contribution in [0.25, 0.3) is 0 Å². The van der Waals surface area contributed by atoms with Gasteiger partial charge in [0.25, 0.3) is 0 Å². The molecule has 2 N–H and O–H groups in total. The highest BCUT2D eigenvalue weighted by Crippen LogP contribution is 2.12. The SMILES string of the molecule is CCCn1cc(NC(=O)CNC(=O)C(C)(C)C)cn1. The molecule has 19 heavy (non-hydrogen) atoms. The molecule has 0 fully saturated rings. The Morgan fingerprint density at radius 3 is 2.63 bits per heavy atom. The Kier molecular flexibility index (Phi) is 5.09. The van der Waals surface area contributed by atoms with Crippen LogP contribution in [0.3, 0.4) is 0 Å². The van der Waals surface area contributed by atoms with Gasteiger partial charge in [0.15, 0.2) is 0 Å². The van der Waals surface area contributed by atoms with Gasteiger partial charge in [-0.15, -0.1) is 0 Å². The third-order valence-electron chi connectivity index (χ3n) is 2.46. The van der Waals surface area contributed by atoms with Gasteiger partial charge in [0.2, 0.25) is 11.8 Å². The highest BCUT2D eigenvalue weighted by atomic mass is 16.2. The van der Waals surface area contributed by atoms with Crippen molar-refractivity contribution in [1.29, 1.82) is 0 Å². The normalized spacial score (nSPS) is 11.2. The molecule has 1 aromatic heterocycles. The number of aromatic nitrogens is 2. The van der Waals surface area contributed by atoms with Gasteiger partial charge in [-0.05, 0) is 6.42 Å². The lowest BCUT2D eigenvalue weighted by atomic mass is 9.96. The lowest BCUT2D eigenvalue weighted by Crippen LogP contribution is -2.39. The molecular weight excluding hydrogens is 244 g/mol. The fourth-order valence-electron chi connectivity index (χ4n) is 1.41. The summed E-state index contributed by atoms with van der Waals surface area (Å²) in [6, 6.07) is 0. The van der Waals surface area contributed by atoms with Gasteiger partial charge in [-0.3, -0.25) is 14.3 Å². The second kappa shape index (κ2) is 6.36. The number of carbonyl (C=O) groups is 2. The van der Waals surface area contributed by atoms with E-state index in [1.165, 1.54) is 0 Å². The molecule has 1 aromatic rings. The number of nitrogens with one attached hydrogen (secondary N) is 2. The molecule has 0 radical (unpaired) electrons. The third kappa shape index (κ3) is 5.11. The molecule has 2 amide bonds. The van der Waals surface area contributed by atoms with Gasteiger partial charge in [0.1, 0.15) is 0 Å². The van der Waals surface area contributed by atoms with E-state index in [9.17, 15) is 9.59 Å². The molecule has 0 spiro atoms. The Balaban J connectivity index is 2.40. The van der Waals surface area contributed by atoms with E-state index in [0.717, 1.165) is 13.0 Å². The van der Waals surface area contributed by atoms with Crippen LogP contribution in [-0.4, -0.2) is 28.1 Å². The summed E-state index contributed by atoms with van der Waals surface area (Å²) in [5.41, 5.74) is 0.148. The molecular formula is C13H22N4O2. The smallest absolute Gasteiger partial charge is 0.243 e. The zero-order valence-electron chi connectivity index (χ0n) is 12.0. The molecule has 0 aliphatic rings. The molecule has 0 saturated heterocycles. The maximum absolute atomic E-state index is 11.6. The summed E-state index contributed by atoms with van der Waals surface area (Å²) in [4.78, 5) is 23.3. The molecule has 0 saturated carbocycles. The van der Waals surface area contributed by atoms with Crippen molar-refractivity contribution >= 4 is 17.5 Å². The van der Waals surface area contributed by atoms with Crippen molar-refractivity contribution in [2.45, 2.75) is 40.7 Å². The Morgan fingerprint density at radius 1 is 1.37 bits per heavy atom. The maximum atomic E-state index is 11.6. The van der Waals surface area contributed by atoms with Gasteiger partial charge < -0.3 is 10.6 Å². The molecule has 106 valence electrons. The highest BCUT2D eigenvalue weighted by Gasteiger charge is 2.21. The average Bonchev–Trinajstić information content (AvgIpc) is 2.72. The number of hydrogen-bond donors (Lipinski definition) is 2. The molecule has 0 unspecified atom stereocenters. The van der Waals surface area contributed by atoms with Crippen LogP contribution in [0.1, 0.15) is 34.1 Å². The minimum atomic E-state index is -0.494. The summed E-state index contributed by atoms with van der Waals surface area (Å²) in [6.07, 6.45) is 4.35. The zero-order valence-corrected chi connectivity index (χ0v) is 12.0. The lowest BCUT2D eigenvalue weighted by Gasteiger charge is -2.17. The van der Waals surface area contributed by atoms with Crippen molar-refractivity contribution in [3.05, 3.63) is 12.4 Å². The Morgan fingerprint density at radius 2 is 2.05 bits per heavy atom. The van der Waals surface area contributed by atoms with E-state index in [4.69, 9.17) is 0 Å². The van der Waals surface area contributed by atoms with E-state index >= 15 is 0 Å². The Hall–Kier alpha value is -1.85. The topological polar surface area (TPSA) is 76.0 Å². The standard InChI is InChI=1S/C13H22N4O2/c1-5-6-17-9-10(7-15-17)16-11(18)8-14-12(19)13(2,3)4/h7,9H,5-6,8H2,1-4H3,(H,14,19)(H,16,18). The number of anilines is 1. The van der Waals surface area contributed by atoms with Crippen LogP contribution < -0.4 is 10.6 Å². The minimum absolute atomic E-state index is 0.0327. The highest BCUT2D eigenvalue weighted by molar-refractivity contribution is 5.94. The molecule has 1 rings (SSSR count). The fourth-order valence-corrected chi connectivity index (χ4v) is 1.41. The number of carbonyl (C=O) groups excluding carboxylic acids is 2. The molecule has 0 aliphatic heterocycles. The predicted octanol–water partition coefficient (Wildman–Crippen LogP) is 1.39. The number of aryl methyl sites for hydroxylation is 1. The van der Waals surface area contributed by atoms with Crippen molar-refractivity contribution < 1.29 is 9.59 Å². The summed E-state index contributed by atoms with van der Waals surface area (Å²) in [5.74, 6) is -0.405. The van der Waals surface area contributed by atoms with Crippen LogP contribution in [-0.2, 0) is 16.1 Å².